The van der Waals surface area contributed by atoms with Gasteiger partial charge in [0.05, 0.1) is 0 Å². The van der Waals surface area contributed by atoms with Crippen LogP contribution >= 0.6 is 11.3 Å². The Morgan fingerprint density at radius 2 is 1.93 bits per heavy atom. The Labute approximate surface area is 94.1 Å². The monoisotopic (exact) mass is 227 g/mol. The molecule has 15 heavy (non-hydrogen) atoms. The Morgan fingerprint density at radius 1 is 1.33 bits per heavy atom. The number of rotatable bonds is 2. The Bertz CT molecular complexity index is 352. The maximum absolute atomic E-state index is 11.6. The van der Waals surface area contributed by atoms with Gasteiger partial charge in [-0.3, -0.25) is 4.79 Å². The lowest BCUT2D eigenvalue weighted by Gasteiger charge is -2.15. The summed E-state index contributed by atoms with van der Waals surface area (Å²) >= 11 is 1.43. The molecule has 0 aliphatic heterocycles. The Morgan fingerprint density at radius 3 is 2.33 bits per heavy atom. The van der Waals surface area contributed by atoms with Crippen LogP contribution in [0.2, 0.25) is 0 Å². The quantitative estimate of drug-likeness (QED) is 0.845. The molecule has 1 rings (SSSR count). The minimum absolute atomic E-state index is 0.0334. The van der Waals surface area contributed by atoms with Crippen molar-refractivity contribution >= 4 is 22.4 Å². The van der Waals surface area contributed by atoms with Crippen molar-refractivity contribution in [3.8, 4) is 0 Å². The highest BCUT2D eigenvalue weighted by Crippen LogP contribution is 2.24. The summed E-state index contributed by atoms with van der Waals surface area (Å²) in [5, 5.41) is 12.2. The molecule has 5 heteroatoms. The first-order valence-corrected chi connectivity index (χ1v) is 5.77. The number of amides is 1. The fourth-order valence-corrected chi connectivity index (χ4v) is 1.54. The third kappa shape index (κ3) is 3.27. The van der Waals surface area contributed by atoms with E-state index >= 15 is 0 Å². The van der Waals surface area contributed by atoms with Gasteiger partial charge in [-0.15, -0.1) is 10.2 Å². The fraction of sp³-hybridized carbons (Fsp3) is 0.700. The van der Waals surface area contributed by atoms with E-state index in [0.717, 1.165) is 5.01 Å². The Balaban J connectivity index is 2.70. The van der Waals surface area contributed by atoms with Crippen molar-refractivity contribution in [1.82, 2.24) is 10.2 Å². The molecule has 0 radical (unpaired) electrons. The standard InChI is InChI=1S/C10H17N3OS/c1-6(2)7-12-13-9(15-7)11-8(14)10(3,4)5/h6H,1-5H3,(H,11,13,14). The molecule has 0 aliphatic carbocycles. The second kappa shape index (κ2) is 4.26. The van der Waals surface area contributed by atoms with E-state index in [1.165, 1.54) is 11.3 Å². The molecule has 1 aromatic heterocycles. The van der Waals surface area contributed by atoms with Gasteiger partial charge in [0.15, 0.2) is 0 Å². The molecule has 0 bridgehead atoms. The van der Waals surface area contributed by atoms with Gasteiger partial charge in [0.2, 0.25) is 11.0 Å². The minimum Gasteiger partial charge on any atom is -0.300 e. The smallest absolute Gasteiger partial charge is 0.231 e. The molecule has 1 N–H and O–H groups in total. The lowest BCUT2D eigenvalue weighted by molar-refractivity contribution is -0.123. The first-order chi connectivity index (χ1) is 6.80. The van der Waals surface area contributed by atoms with E-state index in [4.69, 9.17) is 0 Å². The highest BCUT2D eigenvalue weighted by molar-refractivity contribution is 7.15. The maximum atomic E-state index is 11.6. The van der Waals surface area contributed by atoms with E-state index < -0.39 is 5.41 Å². The molecule has 0 fully saturated rings. The van der Waals surface area contributed by atoms with Crippen LogP contribution in [-0.4, -0.2) is 16.1 Å². The van der Waals surface area contributed by atoms with Gasteiger partial charge >= 0.3 is 0 Å². The highest BCUT2D eigenvalue weighted by Gasteiger charge is 2.22. The molecule has 0 unspecified atom stereocenters. The van der Waals surface area contributed by atoms with Crippen LogP contribution in [0.5, 0.6) is 0 Å². The number of nitrogens with zero attached hydrogens (tertiary/aromatic N) is 2. The minimum atomic E-state index is -0.399. The summed E-state index contributed by atoms with van der Waals surface area (Å²) in [6, 6.07) is 0. The third-order valence-electron chi connectivity index (χ3n) is 1.84. The average molecular weight is 227 g/mol. The van der Waals surface area contributed by atoms with Gasteiger partial charge in [-0.05, 0) is 0 Å². The molecular formula is C10H17N3OS. The van der Waals surface area contributed by atoms with Crippen molar-refractivity contribution in [3.63, 3.8) is 0 Å². The van der Waals surface area contributed by atoms with Crippen molar-refractivity contribution in [1.29, 1.82) is 0 Å². The van der Waals surface area contributed by atoms with Gasteiger partial charge in [-0.1, -0.05) is 46.0 Å². The molecule has 0 saturated heterocycles. The van der Waals surface area contributed by atoms with Crippen molar-refractivity contribution in [2.75, 3.05) is 5.32 Å². The van der Waals surface area contributed by atoms with Crippen LogP contribution in [0.1, 0.15) is 45.5 Å². The van der Waals surface area contributed by atoms with Crippen LogP contribution in [0.3, 0.4) is 0 Å². The molecule has 1 amide bonds. The van der Waals surface area contributed by atoms with Gasteiger partial charge in [0.25, 0.3) is 0 Å². The largest absolute Gasteiger partial charge is 0.300 e. The Hall–Kier alpha value is -0.970. The number of carbonyl (C=O) groups is 1. The van der Waals surface area contributed by atoms with Gasteiger partial charge < -0.3 is 5.32 Å². The van der Waals surface area contributed by atoms with Crippen LogP contribution in [-0.2, 0) is 4.79 Å². The summed E-state index contributed by atoms with van der Waals surface area (Å²) < 4.78 is 0. The number of carbonyl (C=O) groups excluding carboxylic acids is 1. The number of anilines is 1. The third-order valence-corrected chi connectivity index (χ3v) is 2.98. The summed E-state index contributed by atoms with van der Waals surface area (Å²) in [7, 11) is 0. The van der Waals surface area contributed by atoms with Gasteiger partial charge in [-0.25, -0.2) is 0 Å². The topological polar surface area (TPSA) is 54.9 Å². The fourth-order valence-electron chi connectivity index (χ4n) is 0.803. The van der Waals surface area contributed by atoms with Crippen LogP contribution in [0, 0.1) is 5.41 Å². The second-order valence-corrected chi connectivity index (χ2v) is 5.81. The van der Waals surface area contributed by atoms with Crippen molar-refractivity contribution in [2.24, 2.45) is 5.41 Å². The number of hydrogen-bond donors (Lipinski definition) is 1. The van der Waals surface area contributed by atoms with Crippen LogP contribution < -0.4 is 5.32 Å². The first kappa shape index (κ1) is 12.1. The van der Waals surface area contributed by atoms with Crippen LogP contribution in [0.4, 0.5) is 5.13 Å². The molecular weight excluding hydrogens is 210 g/mol. The SMILES string of the molecule is CC(C)c1nnc(NC(=O)C(C)(C)C)s1. The maximum Gasteiger partial charge on any atom is 0.231 e. The summed E-state index contributed by atoms with van der Waals surface area (Å²) in [5.74, 6) is 0.316. The van der Waals surface area contributed by atoms with Crippen LogP contribution in [0.15, 0.2) is 0 Å². The zero-order chi connectivity index (χ0) is 11.6. The number of hydrogen-bond acceptors (Lipinski definition) is 4. The predicted octanol–water partition coefficient (Wildman–Crippen LogP) is 2.65. The summed E-state index contributed by atoms with van der Waals surface area (Å²) in [5.41, 5.74) is -0.399. The van der Waals surface area contributed by atoms with E-state index in [9.17, 15) is 4.79 Å². The van der Waals surface area contributed by atoms with E-state index in [1.54, 1.807) is 0 Å². The molecule has 84 valence electrons. The highest BCUT2D eigenvalue weighted by atomic mass is 32.1. The van der Waals surface area contributed by atoms with Gasteiger partial charge in [-0.2, -0.15) is 0 Å². The summed E-state index contributed by atoms with van der Waals surface area (Å²) in [6.45, 7) is 9.71. The van der Waals surface area contributed by atoms with Crippen molar-refractivity contribution in [2.45, 2.75) is 40.5 Å². The zero-order valence-corrected chi connectivity index (χ0v) is 10.6. The molecule has 1 aromatic rings. The van der Waals surface area contributed by atoms with E-state index in [-0.39, 0.29) is 5.91 Å². The van der Waals surface area contributed by atoms with E-state index in [0.29, 0.717) is 11.0 Å². The predicted molar refractivity (Wildman–Crippen MR) is 62.1 cm³/mol. The first-order valence-electron chi connectivity index (χ1n) is 4.95. The van der Waals surface area contributed by atoms with Crippen molar-refractivity contribution < 1.29 is 4.79 Å². The molecule has 1 heterocycles. The summed E-state index contributed by atoms with van der Waals surface area (Å²) in [4.78, 5) is 11.6. The molecule has 0 saturated carbocycles. The lowest BCUT2D eigenvalue weighted by atomic mass is 9.96. The molecule has 0 atom stereocenters. The number of nitrogens with one attached hydrogen (secondary N) is 1. The van der Waals surface area contributed by atoms with Crippen LogP contribution in [0.25, 0.3) is 0 Å². The second-order valence-electron chi connectivity index (χ2n) is 4.80. The molecule has 0 spiro atoms. The van der Waals surface area contributed by atoms with Gasteiger partial charge in [0.1, 0.15) is 5.01 Å². The van der Waals surface area contributed by atoms with Gasteiger partial charge in [0, 0.05) is 11.3 Å². The normalized spacial score (nSPS) is 11.9. The molecule has 0 aliphatic rings. The average Bonchev–Trinajstić information content (AvgIpc) is 2.50. The number of aromatic nitrogens is 2. The molecule has 0 aromatic carbocycles. The Kier molecular flexibility index (Phi) is 3.44. The van der Waals surface area contributed by atoms with Crippen molar-refractivity contribution in [3.05, 3.63) is 5.01 Å². The van der Waals surface area contributed by atoms with E-state index in [2.05, 4.69) is 29.4 Å². The molecule has 4 nitrogen and oxygen atoms in total. The summed E-state index contributed by atoms with van der Waals surface area (Å²) in [6.07, 6.45) is 0. The zero-order valence-electron chi connectivity index (χ0n) is 9.79. The lowest BCUT2D eigenvalue weighted by Crippen LogP contribution is -2.27. The van der Waals surface area contributed by atoms with E-state index in [1.807, 2.05) is 20.8 Å².